The quantitative estimate of drug-likeness (QED) is 0.625. The van der Waals surface area contributed by atoms with Crippen LogP contribution in [0.5, 0.6) is 0 Å². The molecule has 0 unspecified atom stereocenters. The lowest BCUT2D eigenvalue weighted by molar-refractivity contribution is 0.573. The molecule has 3 heterocycles. The van der Waals surface area contributed by atoms with Gasteiger partial charge in [0, 0.05) is 30.7 Å². The number of hydrogen-bond donors (Lipinski definition) is 2. The van der Waals surface area contributed by atoms with Gasteiger partial charge in [0.15, 0.2) is 5.96 Å². The first kappa shape index (κ1) is 16.8. The maximum Gasteiger partial charge on any atom is 0.188 e. The van der Waals surface area contributed by atoms with E-state index in [0.717, 1.165) is 37.4 Å². The molecule has 0 aliphatic carbocycles. The molecule has 1 aliphatic heterocycles. The van der Waals surface area contributed by atoms with E-state index < -0.39 is 0 Å². The highest BCUT2D eigenvalue weighted by atomic mass is 32.1. The zero-order chi connectivity index (χ0) is 16.6. The van der Waals surface area contributed by atoms with E-state index in [-0.39, 0.29) is 0 Å². The van der Waals surface area contributed by atoms with Crippen LogP contribution in [-0.2, 0) is 13.0 Å². The summed E-state index contributed by atoms with van der Waals surface area (Å²) in [5.41, 5.74) is 7.10. The minimum atomic E-state index is 0.503. The van der Waals surface area contributed by atoms with Crippen molar-refractivity contribution < 1.29 is 0 Å². The molecule has 0 radical (unpaired) electrons. The van der Waals surface area contributed by atoms with E-state index >= 15 is 0 Å². The molecule has 1 fully saturated rings. The van der Waals surface area contributed by atoms with Crippen molar-refractivity contribution in [1.82, 2.24) is 10.3 Å². The fourth-order valence-corrected chi connectivity index (χ4v) is 3.56. The zero-order valence-electron chi connectivity index (χ0n) is 13.9. The molecule has 24 heavy (non-hydrogen) atoms. The molecule has 2 aromatic heterocycles. The third-order valence-corrected chi connectivity index (χ3v) is 5.12. The van der Waals surface area contributed by atoms with Gasteiger partial charge in [0.05, 0.1) is 6.54 Å². The number of nitrogens with one attached hydrogen (secondary N) is 1. The highest BCUT2D eigenvalue weighted by Crippen LogP contribution is 2.18. The fraction of sp³-hybridized carbons (Fsp3) is 0.444. The number of piperidine rings is 1. The van der Waals surface area contributed by atoms with Gasteiger partial charge in [0.2, 0.25) is 0 Å². The van der Waals surface area contributed by atoms with Crippen molar-refractivity contribution in [3.8, 4) is 0 Å². The first-order valence-corrected chi connectivity index (χ1v) is 9.45. The fourth-order valence-electron chi connectivity index (χ4n) is 2.86. The van der Waals surface area contributed by atoms with Gasteiger partial charge in [-0.2, -0.15) is 0 Å². The van der Waals surface area contributed by atoms with Crippen molar-refractivity contribution in [3.63, 3.8) is 0 Å². The van der Waals surface area contributed by atoms with Crippen molar-refractivity contribution in [3.05, 3.63) is 46.3 Å². The average molecular weight is 344 g/mol. The van der Waals surface area contributed by atoms with Gasteiger partial charge >= 0.3 is 0 Å². The number of guanidine groups is 1. The van der Waals surface area contributed by atoms with Crippen LogP contribution in [0.25, 0.3) is 0 Å². The average Bonchev–Trinajstić information content (AvgIpc) is 3.14. The highest BCUT2D eigenvalue weighted by molar-refractivity contribution is 7.09. The number of aromatic nitrogens is 1. The van der Waals surface area contributed by atoms with Crippen LogP contribution in [0.15, 0.2) is 40.8 Å². The highest BCUT2D eigenvalue weighted by Gasteiger charge is 2.12. The molecule has 0 amide bonds. The number of pyridine rings is 1. The Hall–Kier alpha value is -2.08. The summed E-state index contributed by atoms with van der Waals surface area (Å²) in [4.78, 5) is 12.7. The van der Waals surface area contributed by atoms with Crippen molar-refractivity contribution in [1.29, 1.82) is 0 Å². The molecular formula is C18H25N5S. The van der Waals surface area contributed by atoms with Gasteiger partial charge in [-0.3, -0.25) is 0 Å². The van der Waals surface area contributed by atoms with Crippen molar-refractivity contribution in [2.75, 3.05) is 24.5 Å². The molecule has 128 valence electrons. The second kappa shape index (κ2) is 8.68. The predicted molar refractivity (Wildman–Crippen MR) is 102 cm³/mol. The van der Waals surface area contributed by atoms with E-state index in [4.69, 9.17) is 5.73 Å². The van der Waals surface area contributed by atoms with Gasteiger partial charge in [-0.05, 0) is 54.8 Å². The molecule has 3 rings (SSSR count). The summed E-state index contributed by atoms with van der Waals surface area (Å²) in [5.74, 6) is 1.56. The third-order valence-electron chi connectivity index (χ3n) is 4.18. The summed E-state index contributed by atoms with van der Waals surface area (Å²) in [7, 11) is 0. The lowest BCUT2D eigenvalue weighted by atomic mass is 10.1. The molecular weight excluding hydrogens is 318 g/mol. The first-order valence-electron chi connectivity index (χ1n) is 8.57. The van der Waals surface area contributed by atoms with E-state index in [9.17, 15) is 0 Å². The minimum absolute atomic E-state index is 0.503. The summed E-state index contributed by atoms with van der Waals surface area (Å²) in [5, 5.41) is 5.27. The number of thiophene rings is 1. The van der Waals surface area contributed by atoms with Crippen LogP contribution in [-0.4, -0.2) is 30.6 Å². The Morgan fingerprint density at radius 1 is 1.29 bits per heavy atom. The molecule has 0 aromatic carbocycles. The summed E-state index contributed by atoms with van der Waals surface area (Å²) >= 11 is 1.77. The van der Waals surface area contributed by atoms with Gasteiger partial charge in [0.1, 0.15) is 5.82 Å². The van der Waals surface area contributed by atoms with Crippen molar-refractivity contribution in [2.24, 2.45) is 10.7 Å². The molecule has 5 nitrogen and oxygen atoms in total. The molecule has 1 saturated heterocycles. The van der Waals surface area contributed by atoms with Crippen molar-refractivity contribution in [2.45, 2.75) is 32.2 Å². The molecule has 0 saturated carbocycles. The molecule has 0 atom stereocenters. The number of hydrogen-bond acceptors (Lipinski definition) is 4. The molecule has 2 aromatic rings. The number of nitrogens with zero attached hydrogens (tertiary/aromatic N) is 3. The Morgan fingerprint density at radius 3 is 2.96 bits per heavy atom. The molecule has 6 heteroatoms. The van der Waals surface area contributed by atoms with E-state index in [0.29, 0.717) is 12.5 Å². The number of anilines is 1. The van der Waals surface area contributed by atoms with Crippen molar-refractivity contribution >= 4 is 23.1 Å². The van der Waals surface area contributed by atoms with Gasteiger partial charge < -0.3 is 16.0 Å². The Bertz CT molecular complexity index is 647. The normalized spacial score (nSPS) is 15.5. The molecule has 1 aliphatic rings. The molecule has 3 N–H and O–H groups in total. The van der Waals surface area contributed by atoms with Gasteiger partial charge in [-0.25, -0.2) is 9.98 Å². The standard InChI is InChI=1S/C18H25N5S/c19-18(21-9-7-16-5-4-12-24-16)22-14-15-6-8-20-17(13-15)23-10-2-1-3-11-23/h4-6,8,12-13H,1-3,7,9-11,14H2,(H3,19,21,22). The van der Waals surface area contributed by atoms with Crippen LogP contribution < -0.4 is 16.0 Å². The van der Waals surface area contributed by atoms with Gasteiger partial charge in [-0.15, -0.1) is 11.3 Å². The number of aliphatic imine (C=N–C) groups is 1. The Morgan fingerprint density at radius 2 is 2.17 bits per heavy atom. The topological polar surface area (TPSA) is 66.5 Å². The molecule has 0 spiro atoms. The second-order valence-corrected chi connectivity index (χ2v) is 7.06. The van der Waals surface area contributed by atoms with Gasteiger partial charge in [-0.1, -0.05) is 6.07 Å². The van der Waals surface area contributed by atoms with E-state index in [1.54, 1.807) is 11.3 Å². The van der Waals surface area contributed by atoms with E-state index in [1.165, 1.54) is 24.1 Å². The maximum absolute atomic E-state index is 5.96. The molecule has 0 bridgehead atoms. The van der Waals surface area contributed by atoms with Crippen LogP contribution in [0.3, 0.4) is 0 Å². The number of nitrogens with two attached hydrogens (primary N) is 1. The predicted octanol–water partition coefficient (Wildman–Crippen LogP) is 2.78. The van der Waals surface area contributed by atoms with Crippen LogP contribution in [0, 0.1) is 0 Å². The summed E-state index contributed by atoms with van der Waals surface area (Å²) in [6.45, 7) is 3.60. The Balaban J connectivity index is 1.49. The zero-order valence-corrected chi connectivity index (χ0v) is 14.8. The lowest BCUT2D eigenvalue weighted by Gasteiger charge is -2.27. The van der Waals surface area contributed by atoms with Gasteiger partial charge in [0.25, 0.3) is 0 Å². The van der Waals surface area contributed by atoms with Crippen LogP contribution in [0.4, 0.5) is 5.82 Å². The Labute approximate surface area is 147 Å². The summed E-state index contributed by atoms with van der Waals surface area (Å²) in [6, 6.07) is 8.35. The SMILES string of the molecule is NC(=NCc1ccnc(N2CCCCC2)c1)NCCc1cccs1. The van der Waals surface area contributed by atoms with E-state index in [1.807, 2.05) is 12.3 Å². The maximum atomic E-state index is 5.96. The third kappa shape index (κ3) is 4.96. The number of rotatable bonds is 6. The monoisotopic (exact) mass is 343 g/mol. The van der Waals surface area contributed by atoms with E-state index in [2.05, 4.69) is 43.8 Å². The smallest absolute Gasteiger partial charge is 0.188 e. The van der Waals surface area contributed by atoms with Crippen LogP contribution in [0.2, 0.25) is 0 Å². The van der Waals surface area contributed by atoms with Crippen LogP contribution in [0.1, 0.15) is 29.7 Å². The lowest BCUT2D eigenvalue weighted by Crippen LogP contribution is -2.33. The minimum Gasteiger partial charge on any atom is -0.370 e. The Kier molecular flexibility index (Phi) is 6.07. The summed E-state index contributed by atoms with van der Waals surface area (Å²) in [6.07, 6.45) is 6.68. The second-order valence-electron chi connectivity index (χ2n) is 6.03. The summed E-state index contributed by atoms with van der Waals surface area (Å²) < 4.78 is 0. The first-order chi connectivity index (χ1) is 11.8. The largest absolute Gasteiger partial charge is 0.370 e. The van der Waals surface area contributed by atoms with Crippen LogP contribution >= 0.6 is 11.3 Å².